The van der Waals surface area contributed by atoms with Gasteiger partial charge in [-0.1, -0.05) is 77.0 Å². The summed E-state index contributed by atoms with van der Waals surface area (Å²) in [5, 5.41) is 33.2. The largest absolute Gasteiger partial charge is 0.550 e. The number of carbonyl (C=O) groups excluding carboxylic acids is 4. The van der Waals surface area contributed by atoms with Crippen molar-refractivity contribution in [3.05, 3.63) is 0 Å². The molecule has 0 aromatic carbocycles. The molecule has 0 atom stereocenters. The maximum absolute atomic E-state index is 11.5. The van der Waals surface area contributed by atoms with E-state index in [1.165, 1.54) is 32.1 Å². The van der Waals surface area contributed by atoms with Crippen molar-refractivity contribution in [2.24, 2.45) is 0 Å². The molecule has 0 rings (SSSR count). The zero-order valence-corrected chi connectivity index (χ0v) is 17.2. The van der Waals surface area contributed by atoms with Crippen molar-refractivity contribution in [2.45, 2.75) is 109 Å². The quantitative estimate of drug-likeness (QED) is 0.218. The lowest BCUT2D eigenvalue weighted by Gasteiger charge is -2.20. The van der Waals surface area contributed by atoms with E-state index in [-0.39, 0.29) is 12.8 Å². The van der Waals surface area contributed by atoms with Gasteiger partial charge in [-0.05, 0) is 19.3 Å². The first-order valence-electron chi connectivity index (χ1n) is 10.8. The van der Waals surface area contributed by atoms with Crippen molar-refractivity contribution < 1.29 is 34.5 Å². The molecule has 1 amide bonds. The number of hydrogen-bond acceptors (Lipinski definition) is 7. The highest BCUT2D eigenvalue weighted by Crippen LogP contribution is 2.13. The Bertz CT molecular complexity index is 479. The highest BCUT2D eigenvalue weighted by atomic mass is 16.4. The normalized spacial score (nSPS) is 10.8. The topological polar surface area (TPSA) is 149 Å². The van der Waals surface area contributed by atoms with Gasteiger partial charge in [0.25, 0.3) is 0 Å². The van der Waals surface area contributed by atoms with Gasteiger partial charge in [-0.3, -0.25) is 4.79 Å². The molecule has 0 saturated heterocycles. The lowest BCUT2D eigenvalue weighted by molar-refractivity contribution is -0.326. The molecule has 0 fully saturated rings. The second-order valence-corrected chi connectivity index (χ2v) is 7.46. The summed E-state index contributed by atoms with van der Waals surface area (Å²) in [6.07, 6.45) is 14.9. The van der Waals surface area contributed by atoms with E-state index < -0.39 is 29.9 Å². The maximum Gasteiger partial charge on any atom is 0.220 e. The van der Waals surface area contributed by atoms with E-state index in [1.54, 1.807) is 0 Å². The van der Waals surface area contributed by atoms with Gasteiger partial charge in [0.2, 0.25) is 5.91 Å². The standard InChI is InChI=1S/C21H37NO7/c23-17(22-19(20(26)27)21(28)29)15-13-11-9-7-5-3-1-2-4-6-8-10-12-14-16-18(24)25/h19H,1-16H2,(H,22,23)(H,24,25)(H,26,27)(H,28,29)/p-3. The van der Waals surface area contributed by atoms with E-state index in [2.05, 4.69) is 0 Å². The Kier molecular flexibility index (Phi) is 16.6. The van der Waals surface area contributed by atoms with Crippen LogP contribution in [0.1, 0.15) is 103 Å². The van der Waals surface area contributed by atoms with E-state index in [9.17, 15) is 34.5 Å². The Morgan fingerprint density at radius 1 is 0.517 bits per heavy atom. The highest BCUT2D eigenvalue weighted by molar-refractivity contribution is 5.99. The fourth-order valence-electron chi connectivity index (χ4n) is 3.12. The monoisotopic (exact) mass is 412 g/mol. The molecule has 0 unspecified atom stereocenters. The van der Waals surface area contributed by atoms with Crippen molar-refractivity contribution in [3.63, 3.8) is 0 Å². The van der Waals surface area contributed by atoms with Gasteiger partial charge in [0.15, 0.2) is 0 Å². The van der Waals surface area contributed by atoms with E-state index in [0.29, 0.717) is 12.8 Å². The van der Waals surface area contributed by atoms with E-state index in [4.69, 9.17) is 0 Å². The molecular weight excluding hydrogens is 378 g/mol. The van der Waals surface area contributed by atoms with E-state index in [0.717, 1.165) is 44.9 Å². The summed E-state index contributed by atoms with van der Waals surface area (Å²) in [5.74, 6) is -5.35. The number of hydrogen-bond donors (Lipinski definition) is 1. The molecule has 8 nitrogen and oxygen atoms in total. The number of amides is 1. The van der Waals surface area contributed by atoms with E-state index >= 15 is 0 Å². The molecule has 0 saturated carbocycles. The van der Waals surface area contributed by atoms with Crippen molar-refractivity contribution in [1.82, 2.24) is 5.32 Å². The Morgan fingerprint density at radius 3 is 1.14 bits per heavy atom. The van der Waals surface area contributed by atoms with Crippen LogP contribution in [0.4, 0.5) is 0 Å². The van der Waals surface area contributed by atoms with Crippen LogP contribution in [-0.4, -0.2) is 29.9 Å². The van der Waals surface area contributed by atoms with Crippen LogP contribution in [-0.2, 0) is 19.2 Å². The molecule has 29 heavy (non-hydrogen) atoms. The molecule has 0 bridgehead atoms. The highest BCUT2D eigenvalue weighted by Gasteiger charge is 2.13. The molecule has 0 aliphatic rings. The lowest BCUT2D eigenvalue weighted by atomic mass is 10.0. The molecule has 0 aliphatic heterocycles. The number of rotatable bonds is 20. The summed E-state index contributed by atoms with van der Waals surface area (Å²) in [7, 11) is 0. The van der Waals surface area contributed by atoms with Crippen molar-refractivity contribution in [3.8, 4) is 0 Å². The number of unbranched alkanes of at least 4 members (excludes halogenated alkanes) is 13. The molecule has 0 aromatic rings. The smallest absolute Gasteiger partial charge is 0.220 e. The number of carbonyl (C=O) groups is 4. The zero-order chi connectivity index (χ0) is 21.9. The summed E-state index contributed by atoms with van der Waals surface area (Å²) >= 11 is 0. The van der Waals surface area contributed by atoms with Gasteiger partial charge in [0, 0.05) is 12.4 Å². The molecule has 0 aliphatic carbocycles. The number of nitrogens with one attached hydrogen (secondary N) is 1. The summed E-state index contributed by atoms with van der Waals surface area (Å²) < 4.78 is 0. The number of carboxylic acid groups (broad SMARTS) is 3. The van der Waals surface area contributed by atoms with Crippen LogP contribution in [0.2, 0.25) is 0 Å². The van der Waals surface area contributed by atoms with Crippen LogP contribution in [0, 0.1) is 0 Å². The van der Waals surface area contributed by atoms with Crippen LogP contribution in [0.15, 0.2) is 0 Å². The van der Waals surface area contributed by atoms with Gasteiger partial charge in [-0.15, -0.1) is 0 Å². The molecule has 0 aromatic heterocycles. The molecule has 168 valence electrons. The SMILES string of the molecule is O=C([O-])CCCCCCCCCCCCCCCCC(=O)NC(C(=O)[O-])C(=O)[O-]. The number of aliphatic carboxylic acids is 3. The van der Waals surface area contributed by atoms with Crippen molar-refractivity contribution in [2.75, 3.05) is 0 Å². The fourth-order valence-corrected chi connectivity index (χ4v) is 3.12. The van der Waals surface area contributed by atoms with Crippen LogP contribution in [0.5, 0.6) is 0 Å². The maximum atomic E-state index is 11.5. The minimum absolute atomic E-state index is 0.0876. The van der Waals surface area contributed by atoms with Gasteiger partial charge in [-0.2, -0.15) is 0 Å². The second kappa shape index (κ2) is 17.9. The molecule has 8 heteroatoms. The van der Waals surface area contributed by atoms with E-state index in [1.807, 2.05) is 5.32 Å². The third-order valence-electron chi connectivity index (χ3n) is 4.81. The average Bonchev–Trinajstić information content (AvgIpc) is 2.65. The Labute approximate surface area is 173 Å². The average molecular weight is 413 g/mol. The molecular formula is C21H34NO7-3. The minimum Gasteiger partial charge on any atom is -0.550 e. The summed E-state index contributed by atoms with van der Waals surface area (Å²) in [5.41, 5.74) is 0. The Morgan fingerprint density at radius 2 is 0.828 bits per heavy atom. The molecule has 0 radical (unpaired) electrons. The number of carboxylic acids is 3. The molecule has 1 N–H and O–H groups in total. The summed E-state index contributed by atoms with van der Waals surface area (Å²) in [4.78, 5) is 42.9. The lowest BCUT2D eigenvalue weighted by Crippen LogP contribution is -2.57. The first-order valence-corrected chi connectivity index (χ1v) is 10.8. The van der Waals surface area contributed by atoms with Crippen molar-refractivity contribution in [1.29, 1.82) is 0 Å². The first kappa shape index (κ1) is 26.9. The van der Waals surface area contributed by atoms with Gasteiger partial charge in [0.05, 0.1) is 11.9 Å². The van der Waals surface area contributed by atoms with Crippen LogP contribution in [0.3, 0.4) is 0 Å². The third-order valence-corrected chi connectivity index (χ3v) is 4.81. The fraction of sp³-hybridized carbons (Fsp3) is 0.810. The predicted molar refractivity (Wildman–Crippen MR) is 101 cm³/mol. The first-order chi connectivity index (χ1) is 13.8. The predicted octanol–water partition coefficient (Wildman–Crippen LogP) is -0.0375. The van der Waals surface area contributed by atoms with Gasteiger partial charge >= 0.3 is 0 Å². The van der Waals surface area contributed by atoms with Crippen LogP contribution >= 0.6 is 0 Å². The van der Waals surface area contributed by atoms with Gasteiger partial charge in [0.1, 0.15) is 6.04 Å². The third kappa shape index (κ3) is 17.7. The Hall–Kier alpha value is -2.12. The van der Waals surface area contributed by atoms with Gasteiger partial charge < -0.3 is 35.0 Å². The van der Waals surface area contributed by atoms with Crippen LogP contribution in [0.25, 0.3) is 0 Å². The second-order valence-electron chi connectivity index (χ2n) is 7.46. The van der Waals surface area contributed by atoms with Crippen molar-refractivity contribution >= 4 is 23.8 Å². The van der Waals surface area contributed by atoms with Gasteiger partial charge in [-0.25, -0.2) is 0 Å². The molecule has 0 spiro atoms. The summed E-state index contributed by atoms with van der Waals surface area (Å²) in [6.45, 7) is 0. The minimum atomic E-state index is -2.10. The van der Waals surface area contributed by atoms with Crippen LogP contribution < -0.4 is 20.6 Å². The zero-order valence-electron chi connectivity index (χ0n) is 17.2. The summed E-state index contributed by atoms with van der Waals surface area (Å²) in [6, 6.07) is -2.10. The molecule has 0 heterocycles. The Balaban J connectivity index is 3.35.